The van der Waals surface area contributed by atoms with Gasteiger partial charge in [-0.15, -0.1) is 0 Å². The van der Waals surface area contributed by atoms with Crippen LogP contribution in [0.2, 0.25) is 5.02 Å². The van der Waals surface area contributed by atoms with E-state index in [0.29, 0.717) is 16.5 Å². The van der Waals surface area contributed by atoms with Crippen LogP contribution in [0.25, 0.3) is 0 Å². The summed E-state index contributed by atoms with van der Waals surface area (Å²) in [5, 5.41) is 3.32. The molecule has 1 N–H and O–H groups in total. The van der Waals surface area contributed by atoms with Crippen molar-refractivity contribution in [3.63, 3.8) is 0 Å². The molecular weight excluding hydrogens is 448 g/mol. The van der Waals surface area contributed by atoms with Gasteiger partial charge in [0.05, 0.1) is 17.1 Å². The molecule has 3 aromatic carbocycles. The minimum Gasteiger partial charge on any atom is -0.492 e. The van der Waals surface area contributed by atoms with Crippen LogP contribution in [0.3, 0.4) is 0 Å². The fourth-order valence-corrected chi connectivity index (χ4v) is 4.75. The molecule has 0 fully saturated rings. The molecule has 0 aliphatic heterocycles. The van der Waals surface area contributed by atoms with Gasteiger partial charge in [0.25, 0.3) is 10.0 Å². The molecule has 0 saturated heterocycles. The van der Waals surface area contributed by atoms with Crippen LogP contribution in [0, 0.1) is 13.8 Å². The number of aryl methyl sites for hydroxylation is 2. The first-order valence-corrected chi connectivity index (χ1v) is 11.9. The van der Waals surface area contributed by atoms with Crippen molar-refractivity contribution in [3.05, 3.63) is 88.9 Å². The maximum atomic E-state index is 13.3. The van der Waals surface area contributed by atoms with Gasteiger partial charge in [0.15, 0.2) is 0 Å². The molecule has 168 valence electrons. The molecule has 8 heteroatoms. The van der Waals surface area contributed by atoms with Crippen molar-refractivity contribution in [1.82, 2.24) is 5.32 Å². The topological polar surface area (TPSA) is 75.7 Å². The molecular formula is C24H25ClN2O4S. The van der Waals surface area contributed by atoms with Gasteiger partial charge in [0.2, 0.25) is 5.91 Å². The van der Waals surface area contributed by atoms with Gasteiger partial charge in [-0.05, 0) is 55.3 Å². The van der Waals surface area contributed by atoms with E-state index < -0.39 is 15.9 Å². The Bertz CT molecular complexity index is 1180. The number of nitrogens with zero attached hydrogens (tertiary/aromatic N) is 1. The highest BCUT2D eigenvalue weighted by Gasteiger charge is 2.27. The maximum absolute atomic E-state index is 13.3. The van der Waals surface area contributed by atoms with Crippen LogP contribution in [0.5, 0.6) is 5.75 Å². The Hall–Kier alpha value is -3.03. The number of hydrogen-bond donors (Lipinski definition) is 1. The zero-order chi connectivity index (χ0) is 23.1. The van der Waals surface area contributed by atoms with Gasteiger partial charge < -0.3 is 10.1 Å². The van der Waals surface area contributed by atoms with E-state index in [1.54, 1.807) is 55.5 Å². The molecule has 0 saturated carbocycles. The minimum absolute atomic E-state index is 0.121. The number of carbonyl (C=O) groups excluding carboxylic acids is 1. The summed E-state index contributed by atoms with van der Waals surface area (Å²) in [6.45, 7) is 3.80. The second-order valence-corrected chi connectivity index (χ2v) is 9.49. The van der Waals surface area contributed by atoms with E-state index in [4.69, 9.17) is 16.3 Å². The van der Waals surface area contributed by atoms with Gasteiger partial charge in [-0.1, -0.05) is 54.1 Å². The Balaban J connectivity index is 1.69. The van der Waals surface area contributed by atoms with Crippen LogP contribution < -0.4 is 14.4 Å². The zero-order valence-electron chi connectivity index (χ0n) is 17.9. The van der Waals surface area contributed by atoms with Crippen molar-refractivity contribution in [3.8, 4) is 5.75 Å². The summed E-state index contributed by atoms with van der Waals surface area (Å²) in [5.74, 6) is 0.168. The molecule has 0 heterocycles. The summed E-state index contributed by atoms with van der Waals surface area (Å²) >= 11 is 6.09. The molecule has 0 radical (unpaired) electrons. The molecule has 0 aliphatic rings. The third-order valence-corrected chi connectivity index (χ3v) is 7.02. The molecule has 1 amide bonds. The standard InChI is InChI=1S/C24H25ClN2O4S/c1-18-12-13-20(16-22(18)25)31-15-14-26-24(28)17-27(23-11-7-6-8-19(23)2)32(29,30)21-9-4-3-5-10-21/h3-13,16H,14-15,17H2,1-2H3,(H,26,28). The van der Waals surface area contributed by atoms with Crippen molar-refractivity contribution in [2.75, 3.05) is 24.0 Å². The number of benzene rings is 3. The Kier molecular flexibility index (Phi) is 7.77. The summed E-state index contributed by atoms with van der Waals surface area (Å²) in [4.78, 5) is 12.8. The van der Waals surface area contributed by atoms with Gasteiger partial charge >= 0.3 is 0 Å². The van der Waals surface area contributed by atoms with Crippen molar-refractivity contribution in [1.29, 1.82) is 0 Å². The van der Waals surface area contributed by atoms with E-state index in [-0.39, 0.29) is 24.6 Å². The number of para-hydroxylation sites is 1. The quantitative estimate of drug-likeness (QED) is 0.470. The lowest BCUT2D eigenvalue weighted by molar-refractivity contribution is -0.119. The van der Waals surface area contributed by atoms with Gasteiger partial charge in [-0.2, -0.15) is 0 Å². The van der Waals surface area contributed by atoms with Gasteiger partial charge in [0.1, 0.15) is 18.9 Å². The lowest BCUT2D eigenvalue weighted by Gasteiger charge is -2.25. The molecule has 0 aliphatic carbocycles. The molecule has 0 unspecified atom stereocenters. The van der Waals surface area contributed by atoms with Crippen LogP contribution in [-0.2, 0) is 14.8 Å². The number of anilines is 1. The van der Waals surface area contributed by atoms with Gasteiger partial charge in [0, 0.05) is 5.02 Å². The third kappa shape index (κ3) is 5.81. The van der Waals surface area contributed by atoms with Crippen molar-refractivity contribution in [2.45, 2.75) is 18.7 Å². The summed E-state index contributed by atoms with van der Waals surface area (Å²) in [7, 11) is -3.93. The summed E-state index contributed by atoms with van der Waals surface area (Å²) in [6.07, 6.45) is 0. The number of halogens is 1. The largest absolute Gasteiger partial charge is 0.492 e. The molecule has 3 rings (SSSR count). The Labute approximate surface area is 193 Å². The molecule has 0 aromatic heterocycles. The first kappa shape index (κ1) is 23.6. The number of nitrogens with one attached hydrogen (secondary N) is 1. The summed E-state index contributed by atoms with van der Waals surface area (Å²) in [6, 6.07) is 20.5. The first-order valence-electron chi connectivity index (χ1n) is 10.1. The Morgan fingerprint density at radius 1 is 0.969 bits per heavy atom. The number of amides is 1. The highest BCUT2D eigenvalue weighted by molar-refractivity contribution is 7.92. The van der Waals surface area contributed by atoms with E-state index >= 15 is 0 Å². The summed E-state index contributed by atoms with van der Waals surface area (Å²) in [5.41, 5.74) is 2.15. The van der Waals surface area contributed by atoms with E-state index in [1.807, 2.05) is 19.1 Å². The lowest BCUT2D eigenvalue weighted by Crippen LogP contribution is -2.42. The highest BCUT2D eigenvalue weighted by atomic mass is 35.5. The predicted molar refractivity (Wildman–Crippen MR) is 127 cm³/mol. The van der Waals surface area contributed by atoms with Crippen LogP contribution in [-0.4, -0.2) is 34.0 Å². The monoisotopic (exact) mass is 472 g/mol. The SMILES string of the molecule is Cc1ccc(OCCNC(=O)CN(c2ccccc2C)S(=O)(=O)c2ccccc2)cc1Cl. The van der Waals surface area contributed by atoms with E-state index in [0.717, 1.165) is 15.4 Å². The van der Waals surface area contributed by atoms with E-state index in [9.17, 15) is 13.2 Å². The number of sulfonamides is 1. The average Bonchev–Trinajstić information content (AvgIpc) is 2.78. The van der Waals surface area contributed by atoms with Crippen LogP contribution in [0.4, 0.5) is 5.69 Å². The zero-order valence-corrected chi connectivity index (χ0v) is 19.5. The molecule has 32 heavy (non-hydrogen) atoms. The second kappa shape index (κ2) is 10.5. The fourth-order valence-electron chi connectivity index (χ4n) is 3.07. The highest BCUT2D eigenvalue weighted by Crippen LogP contribution is 2.26. The normalized spacial score (nSPS) is 11.1. The maximum Gasteiger partial charge on any atom is 0.264 e. The molecule has 3 aromatic rings. The predicted octanol–water partition coefficient (Wildman–Crippen LogP) is 4.35. The lowest BCUT2D eigenvalue weighted by atomic mass is 10.2. The smallest absolute Gasteiger partial charge is 0.264 e. The molecule has 0 bridgehead atoms. The Morgan fingerprint density at radius 3 is 2.34 bits per heavy atom. The number of hydrogen-bond acceptors (Lipinski definition) is 4. The van der Waals surface area contributed by atoms with Crippen molar-refractivity contribution >= 4 is 33.2 Å². The number of carbonyl (C=O) groups is 1. The second-order valence-electron chi connectivity index (χ2n) is 7.22. The third-order valence-electron chi connectivity index (χ3n) is 4.84. The molecule has 6 nitrogen and oxygen atoms in total. The van der Waals surface area contributed by atoms with Crippen molar-refractivity contribution < 1.29 is 17.9 Å². The van der Waals surface area contributed by atoms with Crippen LogP contribution >= 0.6 is 11.6 Å². The van der Waals surface area contributed by atoms with E-state index in [1.165, 1.54) is 12.1 Å². The van der Waals surface area contributed by atoms with Crippen LogP contribution in [0.15, 0.2) is 77.7 Å². The minimum atomic E-state index is -3.93. The fraction of sp³-hybridized carbons (Fsp3) is 0.208. The van der Waals surface area contributed by atoms with E-state index in [2.05, 4.69) is 5.32 Å². The Morgan fingerprint density at radius 2 is 1.66 bits per heavy atom. The summed E-state index contributed by atoms with van der Waals surface area (Å²) < 4.78 is 33.3. The molecule has 0 spiro atoms. The van der Waals surface area contributed by atoms with Crippen molar-refractivity contribution in [2.24, 2.45) is 0 Å². The van der Waals surface area contributed by atoms with Gasteiger partial charge in [-0.25, -0.2) is 8.42 Å². The van der Waals surface area contributed by atoms with Gasteiger partial charge in [-0.3, -0.25) is 9.10 Å². The number of ether oxygens (including phenoxy) is 1. The number of rotatable bonds is 9. The first-order chi connectivity index (χ1) is 15.3. The molecule has 0 atom stereocenters. The van der Waals surface area contributed by atoms with Crippen LogP contribution in [0.1, 0.15) is 11.1 Å². The average molecular weight is 473 g/mol.